The minimum Gasteiger partial charge on any atom is -0.550 e. The van der Waals surface area contributed by atoms with Crippen molar-refractivity contribution in [2.45, 2.75) is 117 Å². The van der Waals surface area contributed by atoms with Gasteiger partial charge >= 0.3 is 33.6 Å². The Hall–Kier alpha value is -0.0470. The number of carbonyl (C=O) groups excluding carboxylic acids is 2. The zero-order chi connectivity index (χ0) is 18.5. The third kappa shape index (κ3) is 43.9. The Bertz CT molecular complexity index is 285. The van der Waals surface area contributed by atoms with Crippen molar-refractivity contribution < 1.29 is 53.4 Å². The van der Waals surface area contributed by atoms with Crippen molar-refractivity contribution in [1.82, 2.24) is 0 Å². The van der Waals surface area contributed by atoms with Crippen molar-refractivity contribution in [2.75, 3.05) is 0 Å². The number of rotatable bonds is 16. The van der Waals surface area contributed by atoms with Crippen LogP contribution in [0.2, 0.25) is 0 Å². The van der Waals surface area contributed by atoms with Gasteiger partial charge in [0.2, 0.25) is 0 Å². The molecule has 0 heterocycles. The second-order valence-electron chi connectivity index (χ2n) is 6.56. The normalized spacial score (nSPS) is 9.31. The van der Waals surface area contributed by atoms with Crippen molar-refractivity contribution in [2.24, 2.45) is 0 Å². The van der Waals surface area contributed by atoms with E-state index in [1.54, 1.807) is 0 Å². The van der Waals surface area contributed by atoms with E-state index in [1.165, 1.54) is 83.5 Å². The van der Waals surface area contributed by atoms with Gasteiger partial charge < -0.3 is 19.8 Å². The van der Waals surface area contributed by atoms with Gasteiger partial charge in [0.15, 0.2) is 0 Å². The third-order valence-electron chi connectivity index (χ3n) is 3.98. The molecule has 0 N–H and O–H groups in total. The molecule has 0 aromatic rings. The molecular weight excluding hydrogens is 426 g/mol. The monoisotopic (exact) mass is 463 g/mol. The van der Waals surface area contributed by atoms with Crippen LogP contribution < -0.4 is 10.2 Å². The fraction of sp³-hybridized carbons (Fsp3) is 0.900. The van der Waals surface area contributed by atoms with Gasteiger partial charge in [0.05, 0.1) is 0 Å². The third-order valence-corrected chi connectivity index (χ3v) is 3.98. The van der Waals surface area contributed by atoms with Crippen LogP contribution in [0.4, 0.5) is 0 Å². The van der Waals surface area contributed by atoms with Gasteiger partial charge in [0.25, 0.3) is 0 Å². The Labute approximate surface area is 181 Å². The van der Waals surface area contributed by atoms with E-state index in [2.05, 4.69) is 6.92 Å². The molecule has 26 heavy (non-hydrogen) atoms. The fourth-order valence-electron chi connectivity index (χ4n) is 2.64. The van der Waals surface area contributed by atoms with Crippen LogP contribution in [0.1, 0.15) is 117 Å². The summed E-state index contributed by atoms with van der Waals surface area (Å²) >= 11 is 0. The van der Waals surface area contributed by atoms with Crippen LogP contribution in [0.3, 0.4) is 0 Å². The first kappa shape index (κ1) is 33.5. The van der Waals surface area contributed by atoms with Crippen LogP contribution in [0.25, 0.3) is 0 Å². The standard InChI is InChI=1S/C18H36O2.C2H4O2.Cu.Ni/c1-2-3-4-5-6-7-8-9-10-11-12-13-14-15-16-17-18(19)20;1-2(3)4;;/h2-17H2,1H3,(H,19,20);1H3,(H,3,4);;/q;;2*+2/p-2. The molecule has 6 heteroatoms. The minimum atomic E-state index is -1.08. The molecule has 0 bridgehead atoms. The summed E-state index contributed by atoms with van der Waals surface area (Å²) in [6, 6.07) is 0. The molecule has 0 saturated carbocycles. The molecule has 0 unspecified atom stereocenters. The van der Waals surface area contributed by atoms with E-state index in [0.717, 1.165) is 19.8 Å². The number of hydrogen-bond donors (Lipinski definition) is 0. The average Bonchev–Trinajstić information content (AvgIpc) is 2.50. The van der Waals surface area contributed by atoms with E-state index in [4.69, 9.17) is 9.90 Å². The Morgan fingerprint density at radius 1 is 0.615 bits per heavy atom. The predicted octanol–water partition coefficient (Wildman–Crippen LogP) is 3.75. The first-order valence-corrected chi connectivity index (χ1v) is 9.88. The van der Waals surface area contributed by atoms with Gasteiger partial charge in [-0.05, 0) is 19.8 Å². The predicted molar refractivity (Wildman–Crippen MR) is 95.2 cm³/mol. The molecule has 0 aliphatic heterocycles. The summed E-state index contributed by atoms with van der Waals surface area (Å²) in [6.45, 7) is 3.24. The SMILES string of the molecule is CC(=O)[O-].CCCCCCCCCCCCCCCCCC(=O)[O-].[Cu+2].[Ni+2]. The topological polar surface area (TPSA) is 80.3 Å². The number of hydrogen-bond acceptors (Lipinski definition) is 4. The zero-order valence-electron chi connectivity index (χ0n) is 16.6. The maximum absolute atomic E-state index is 10.2. The fourth-order valence-corrected chi connectivity index (χ4v) is 2.64. The second-order valence-corrected chi connectivity index (χ2v) is 6.56. The molecule has 0 rings (SSSR count). The summed E-state index contributed by atoms with van der Waals surface area (Å²) in [6.07, 6.45) is 19.9. The van der Waals surface area contributed by atoms with Gasteiger partial charge in [-0.25, -0.2) is 0 Å². The summed E-state index contributed by atoms with van der Waals surface area (Å²) < 4.78 is 0. The van der Waals surface area contributed by atoms with E-state index < -0.39 is 11.9 Å². The van der Waals surface area contributed by atoms with Gasteiger partial charge in [-0.3, -0.25) is 0 Å². The van der Waals surface area contributed by atoms with Crippen molar-refractivity contribution in [3.63, 3.8) is 0 Å². The molecule has 0 aromatic carbocycles. The number of carboxylic acid groups (broad SMARTS) is 2. The smallest absolute Gasteiger partial charge is 0.550 e. The molecular formula is C20H38CuNiO4+2. The van der Waals surface area contributed by atoms with E-state index in [-0.39, 0.29) is 40.0 Å². The van der Waals surface area contributed by atoms with Crippen LogP contribution in [0, 0.1) is 0 Å². The summed E-state index contributed by atoms with van der Waals surface area (Å²) in [5, 5.41) is 19.1. The molecule has 0 aliphatic rings. The molecule has 1 radical (unpaired) electrons. The molecule has 0 aliphatic carbocycles. The summed E-state index contributed by atoms with van der Waals surface area (Å²) in [4.78, 5) is 19.1. The van der Waals surface area contributed by atoms with E-state index >= 15 is 0 Å². The van der Waals surface area contributed by atoms with Crippen molar-refractivity contribution in [3.05, 3.63) is 0 Å². The number of carbonyl (C=O) groups is 2. The molecule has 0 fully saturated rings. The van der Waals surface area contributed by atoms with Crippen LogP contribution in [0.5, 0.6) is 0 Å². The van der Waals surface area contributed by atoms with Gasteiger partial charge in [0.1, 0.15) is 0 Å². The summed E-state index contributed by atoms with van der Waals surface area (Å²) in [5.74, 6) is -1.99. The van der Waals surface area contributed by atoms with Crippen LogP contribution >= 0.6 is 0 Å². The Morgan fingerprint density at radius 3 is 1.08 bits per heavy atom. The van der Waals surface area contributed by atoms with Crippen LogP contribution in [-0.2, 0) is 43.1 Å². The molecule has 0 spiro atoms. The molecule has 0 saturated heterocycles. The van der Waals surface area contributed by atoms with E-state index in [1.807, 2.05) is 0 Å². The zero-order valence-corrected chi connectivity index (χ0v) is 18.5. The minimum absolute atomic E-state index is 0. The Morgan fingerprint density at radius 2 is 0.846 bits per heavy atom. The largest absolute Gasteiger partial charge is 2.00 e. The van der Waals surface area contributed by atoms with Gasteiger partial charge in [0, 0.05) is 11.9 Å². The molecule has 0 amide bonds. The van der Waals surface area contributed by atoms with Gasteiger partial charge in [-0.2, -0.15) is 0 Å². The first-order valence-electron chi connectivity index (χ1n) is 9.88. The van der Waals surface area contributed by atoms with Crippen LogP contribution in [0.15, 0.2) is 0 Å². The average molecular weight is 465 g/mol. The van der Waals surface area contributed by atoms with Crippen molar-refractivity contribution in [3.8, 4) is 0 Å². The van der Waals surface area contributed by atoms with Crippen molar-refractivity contribution >= 4 is 11.9 Å². The number of aliphatic carboxylic acids is 2. The molecule has 0 aromatic heterocycles. The first-order chi connectivity index (χ1) is 11.5. The molecule has 4 nitrogen and oxygen atoms in total. The second kappa shape index (κ2) is 29.7. The van der Waals surface area contributed by atoms with E-state index in [0.29, 0.717) is 0 Å². The molecule has 0 atom stereocenters. The van der Waals surface area contributed by atoms with E-state index in [9.17, 15) is 9.90 Å². The summed E-state index contributed by atoms with van der Waals surface area (Å²) in [5.41, 5.74) is 0. The maximum atomic E-state index is 10.2. The van der Waals surface area contributed by atoms with Crippen molar-refractivity contribution in [1.29, 1.82) is 0 Å². The van der Waals surface area contributed by atoms with Crippen LogP contribution in [-0.4, -0.2) is 11.9 Å². The Kier molecular flexibility index (Phi) is 38.3. The van der Waals surface area contributed by atoms with Gasteiger partial charge in [-0.15, -0.1) is 0 Å². The quantitative estimate of drug-likeness (QED) is 0.257. The molecule has 161 valence electrons. The summed E-state index contributed by atoms with van der Waals surface area (Å²) in [7, 11) is 0. The Balaban J connectivity index is -0.000000363. The maximum Gasteiger partial charge on any atom is 2.00 e. The number of carboxylic acids is 2. The number of unbranched alkanes of at least 4 members (excludes halogenated alkanes) is 14. The van der Waals surface area contributed by atoms with Gasteiger partial charge in [-0.1, -0.05) is 96.8 Å².